The third-order valence-electron chi connectivity index (χ3n) is 5.13. The number of hydrogen-bond donors (Lipinski definition) is 6. The lowest BCUT2D eigenvalue weighted by atomic mass is 10.3. The van der Waals surface area contributed by atoms with E-state index in [9.17, 15) is 19.2 Å². The zero-order valence-electron chi connectivity index (χ0n) is 19.9. The number of carbonyl (C=O) groups is 4. The van der Waals surface area contributed by atoms with Crippen LogP contribution in [0.2, 0.25) is 0 Å². The van der Waals surface area contributed by atoms with Gasteiger partial charge in [0.15, 0.2) is 0 Å². The topological polar surface area (TPSA) is 181 Å². The Morgan fingerprint density at radius 3 is 1.69 bits per heavy atom. The lowest BCUT2D eigenvalue weighted by Gasteiger charge is -2.04. The molecule has 4 amide bonds. The molecule has 192 valence electrons. The number of nitrogens with one attached hydrogen (secondary N) is 5. The Bertz CT molecular complexity index is 1300. The van der Waals surface area contributed by atoms with E-state index >= 15 is 0 Å². The van der Waals surface area contributed by atoms with Gasteiger partial charge in [-0.25, -0.2) is 0 Å². The van der Waals surface area contributed by atoms with Crippen LogP contribution in [-0.2, 0) is 25.9 Å². The van der Waals surface area contributed by atoms with E-state index in [0.29, 0.717) is 34.9 Å². The number of carbonyl (C=O) groups excluding carboxylic acids is 4. The predicted octanol–water partition coefficient (Wildman–Crippen LogP) is 1.41. The number of amides is 4. The Morgan fingerprint density at radius 1 is 0.833 bits per heavy atom. The van der Waals surface area contributed by atoms with Gasteiger partial charge in [-0.15, -0.1) is 17.0 Å². The van der Waals surface area contributed by atoms with Crippen molar-refractivity contribution in [3.8, 4) is 0 Å². The minimum Gasteiger partial charge on any atom is -0.388 e. The summed E-state index contributed by atoms with van der Waals surface area (Å²) in [6.07, 6.45) is 5.57. The van der Waals surface area contributed by atoms with Crippen molar-refractivity contribution in [3.63, 3.8) is 0 Å². The van der Waals surface area contributed by atoms with E-state index in [0.717, 1.165) is 0 Å². The molecule has 0 atom stereocenters. The fourth-order valence-electron chi connectivity index (χ4n) is 3.45. The maximum Gasteiger partial charge on any atom is 0.272 e. The van der Waals surface area contributed by atoms with Crippen molar-refractivity contribution in [2.24, 2.45) is 26.9 Å². The fraction of sp³-hybridized carbons (Fsp3) is 0.227. The Balaban J connectivity index is 0.00000456. The number of anilines is 3. The van der Waals surface area contributed by atoms with Gasteiger partial charge in [0.25, 0.3) is 17.7 Å². The van der Waals surface area contributed by atoms with Crippen LogP contribution in [-0.4, -0.2) is 50.2 Å². The van der Waals surface area contributed by atoms with Crippen LogP contribution in [0.5, 0.6) is 0 Å². The largest absolute Gasteiger partial charge is 0.388 e. The van der Waals surface area contributed by atoms with Gasteiger partial charge in [0.1, 0.15) is 17.1 Å². The monoisotopic (exact) mass is 561 g/mol. The Hall–Kier alpha value is -4.33. The highest BCUT2D eigenvalue weighted by Crippen LogP contribution is 2.19. The van der Waals surface area contributed by atoms with E-state index in [1.165, 1.54) is 18.2 Å². The molecule has 7 N–H and O–H groups in total. The van der Waals surface area contributed by atoms with Crippen molar-refractivity contribution >= 4 is 64.0 Å². The van der Waals surface area contributed by atoms with Crippen molar-refractivity contribution in [1.29, 1.82) is 5.41 Å². The SMILES string of the molecule is Br.Cn1cc(NC(=O)c2cc(NC(=O)c3cc(NC=O)cn3C)cn2C)cc1C(=O)NCCC(=N)N. The quantitative estimate of drug-likeness (QED) is 0.124. The van der Waals surface area contributed by atoms with Gasteiger partial charge in [-0.05, 0) is 18.2 Å². The number of aromatic nitrogens is 3. The highest BCUT2D eigenvalue weighted by Gasteiger charge is 2.18. The molecule has 0 fully saturated rings. The van der Waals surface area contributed by atoms with E-state index in [2.05, 4.69) is 21.3 Å². The lowest BCUT2D eigenvalue weighted by molar-refractivity contribution is -0.105. The summed E-state index contributed by atoms with van der Waals surface area (Å²) in [5.74, 6) is -1.22. The molecule has 0 saturated carbocycles. The summed E-state index contributed by atoms with van der Waals surface area (Å²) in [4.78, 5) is 48.4. The standard InChI is InChI=1S/C22H27N9O4.BrH/c1-29-9-13(26-12-32)6-17(29)21(34)28-15-8-18(31(3)11-15)22(35)27-14-7-16(30(2)10-14)20(33)25-5-4-19(23)24;/h6-12H,4-5H2,1-3H3,(H3,23,24)(H,25,33)(H,26,32)(H,27,35)(H,28,34);1H. The average molecular weight is 562 g/mol. The van der Waals surface area contributed by atoms with E-state index in [4.69, 9.17) is 11.1 Å². The van der Waals surface area contributed by atoms with Gasteiger partial charge in [-0.2, -0.15) is 0 Å². The zero-order chi connectivity index (χ0) is 25.7. The van der Waals surface area contributed by atoms with Crippen molar-refractivity contribution in [2.45, 2.75) is 6.42 Å². The van der Waals surface area contributed by atoms with E-state index in [1.54, 1.807) is 53.4 Å². The zero-order valence-corrected chi connectivity index (χ0v) is 21.6. The molecular weight excluding hydrogens is 534 g/mol. The van der Waals surface area contributed by atoms with Gasteiger partial charge in [-0.3, -0.25) is 24.6 Å². The third-order valence-corrected chi connectivity index (χ3v) is 5.13. The molecule has 0 aliphatic carbocycles. The normalized spacial score (nSPS) is 10.2. The molecule has 36 heavy (non-hydrogen) atoms. The predicted molar refractivity (Wildman–Crippen MR) is 141 cm³/mol. The lowest BCUT2D eigenvalue weighted by Crippen LogP contribution is -2.28. The molecule has 0 aliphatic heterocycles. The van der Waals surface area contributed by atoms with E-state index in [-0.39, 0.29) is 47.4 Å². The van der Waals surface area contributed by atoms with Crippen LogP contribution >= 0.6 is 17.0 Å². The van der Waals surface area contributed by atoms with Crippen LogP contribution in [0.25, 0.3) is 0 Å². The summed E-state index contributed by atoms with van der Waals surface area (Å²) in [5.41, 5.74) is 7.53. The first kappa shape index (κ1) is 27.9. The average Bonchev–Trinajstić information content (AvgIpc) is 3.44. The maximum atomic E-state index is 12.8. The number of halogens is 1. The molecule has 3 aromatic rings. The minimum absolute atomic E-state index is 0. The maximum absolute atomic E-state index is 12.8. The van der Waals surface area contributed by atoms with Crippen LogP contribution in [0, 0.1) is 5.41 Å². The van der Waals surface area contributed by atoms with Crippen LogP contribution < -0.4 is 27.0 Å². The molecule has 0 aliphatic rings. The third kappa shape index (κ3) is 6.63. The summed E-state index contributed by atoms with van der Waals surface area (Å²) in [7, 11) is 5.01. The van der Waals surface area contributed by atoms with Gasteiger partial charge >= 0.3 is 0 Å². The molecule has 3 heterocycles. The van der Waals surface area contributed by atoms with E-state index in [1.807, 2.05) is 0 Å². The first-order valence-electron chi connectivity index (χ1n) is 10.5. The number of nitrogens with two attached hydrogens (primary N) is 1. The Labute approximate surface area is 217 Å². The first-order chi connectivity index (χ1) is 16.6. The summed E-state index contributed by atoms with van der Waals surface area (Å²) < 4.78 is 4.71. The molecular formula is C22H28BrN9O4. The van der Waals surface area contributed by atoms with Crippen molar-refractivity contribution < 1.29 is 19.2 Å². The summed E-state index contributed by atoms with van der Waals surface area (Å²) >= 11 is 0. The molecule has 14 heteroatoms. The minimum atomic E-state index is -0.432. The van der Waals surface area contributed by atoms with Crippen molar-refractivity contribution in [2.75, 3.05) is 22.5 Å². The molecule has 0 bridgehead atoms. The van der Waals surface area contributed by atoms with Gasteiger partial charge < -0.3 is 40.7 Å². The second kappa shape index (κ2) is 11.9. The van der Waals surface area contributed by atoms with Gasteiger partial charge in [0.05, 0.1) is 22.9 Å². The summed E-state index contributed by atoms with van der Waals surface area (Å²) in [5, 5.41) is 17.8. The second-order valence-corrected chi connectivity index (χ2v) is 7.88. The van der Waals surface area contributed by atoms with Crippen LogP contribution in [0.15, 0.2) is 36.8 Å². The molecule has 0 radical (unpaired) electrons. The molecule has 3 aromatic heterocycles. The Morgan fingerprint density at radius 2 is 1.25 bits per heavy atom. The smallest absolute Gasteiger partial charge is 0.272 e. The molecule has 0 saturated heterocycles. The molecule has 13 nitrogen and oxygen atoms in total. The molecule has 0 aromatic carbocycles. The van der Waals surface area contributed by atoms with Gasteiger partial charge in [0.2, 0.25) is 6.41 Å². The highest BCUT2D eigenvalue weighted by molar-refractivity contribution is 8.93. The molecule has 0 spiro atoms. The Kier molecular flexibility index (Phi) is 9.21. The number of amidine groups is 1. The first-order valence-corrected chi connectivity index (χ1v) is 10.5. The summed E-state index contributed by atoms with van der Waals surface area (Å²) in [6, 6.07) is 4.59. The fourth-order valence-corrected chi connectivity index (χ4v) is 3.45. The van der Waals surface area contributed by atoms with Gasteiger partial charge in [-0.1, -0.05) is 0 Å². The number of hydrogen-bond acceptors (Lipinski definition) is 5. The number of rotatable bonds is 10. The van der Waals surface area contributed by atoms with Crippen molar-refractivity contribution in [3.05, 3.63) is 53.9 Å². The number of nitrogens with zero attached hydrogens (tertiary/aromatic N) is 3. The van der Waals surface area contributed by atoms with Crippen LogP contribution in [0.3, 0.4) is 0 Å². The summed E-state index contributed by atoms with van der Waals surface area (Å²) in [6.45, 7) is 0.233. The van der Waals surface area contributed by atoms with E-state index < -0.39 is 11.8 Å². The molecule has 3 rings (SSSR count). The van der Waals surface area contributed by atoms with Crippen LogP contribution in [0.1, 0.15) is 37.9 Å². The second-order valence-electron chi connectivity index (χ2n) is 7.88. The highest BCUT2D eigenvalue weighted by atomic mass is 79.9. The van der Waals surface area contributed by atoms with Crippen LogP contribution in [0.4, 0.5) is 17.1 Å². The number of aryl methyl sites for hydroxylation is 3. The van der Waals surface area contributed by atoms with Gasteiger partial charge in [0, 0.05) is 52.7 Å². The van der Waals surface area contributed by atoms with Crippen molar-refractivity contribution in [1.82, 2.24) is 19.0 Å². The molecule has 0 unspecified atom stereocenters.